The lowest BCUT2D eigenvalue weighted by Gasteiger charge is -2.09. The molecule has 1 saturated heterocycles. The molecule has 1 aliphatic heterocycles. The SMILES string of the molecule is Cc1ccc(C(=O)Nc2nnc(S(=O)(=O)NCC3CCCO3)s2)cc1. The van der Waals surface area contributed by atoms with Crippen molar-refractivity contribution in [1.82, 2.24) is 14.9 Å². The number of anilines is 1. The minimum Gasteiger partial charge on any atom is -0.377 e. The van der Waals surface area contributed by atoms with Gasteiger partial charge in [0.25, 0.3) is 15.9 Å². The summed E-state index contributed by atoms with van der Waals surface area (Å²) in [5.74, 6) is -0.368. The number of aromatic nitrogens is 2. The third-order valence-electron chi connectivity index (χ3n) is 3.70. The Bertz CT molecular complexity index is 843. The fraction of sp³-hybridized carbons (Fsp3) is 0.400. The van der Waals surface area contributed by atoms with Gasteiger partial charge in [-0.25, -0.2) is 13.1 Å². The van der Waals surface area contributed by atoms with E-state index >= 15 is 0 Å². The van der Waals surface area contributed by atoms with E-state index in [1.54, 1.807) is 12.1 Å². The first kappa shape index (κ1) is 17.9. The number of rotatable bonds is 6. The van der Waals surface area contributed by atoms with Crippen LogP contribution in [0.25, 0.3) is 0 Å². The van der Waals surface area contributed by atoms with Gasteiger partial charge in [-0.15, -0.1) is 10.2 Å². The Morgan fingerprint density at radius 3 is 2.76 bits per heavy atom. The number of carbonyl (C=O) groups is 1. The minimum atomic E-state index is -3.77. The largest absolute Gasteiger partial charge is 0.377 e. The van der Waals surface area contributed by atoms with Gasteiger partial charge in [0.15, 0.2) is 0 Å². The highest BCUT2D eigenvalue weighted by molar-refractivity contribution is 7.91. The molecule has 3 rings (SSSR count). The number of hydrogen-bond donors (Lipinski definition) is 2. The molecule has 1 unspecified atom stereocenters. The average molecular weight is 382 g/mol. The van der Waals surface area contributed by atoms with E-state index in [9.17, 15) is 13.2 Å². The van der Waals surface area contributed by atoms with Gasteiger partial charge in [-0.3, -0.25) is 10.1 Å². The quantitative estimate of drug-likeness (QED) is 0.734. The van der Waals surface area contributed by atoms with Gasteiger partial charge in [0.2, 0.25) is 9.47 Å². The summed E-state index contributed by atoms with van der Waals surface area (Å²) in [5, 5.41) is 10.1. The van der Waals surface area contributed by atoms with Crippen molar-refractivity contribution in [2.24, 2.45) is 0 Å². The highest BCUT2D eigenvalue weighted by atomic mass is 32.2. The van der Waals surface area contributed by atoms with Crippen LogP contribution in [0.4, 0.5) is 5.13 Å². The maximum absolute atomic E-state index is 12.2. The van der Waals surface area contributed by atoms with E-state index in [0.717, 1.165) is 29.7 Å². The molecule has 0 saturated carbocycles. The molecular formula is C15H18N4O4S2. The number of aryl methyl sites for hydroxylation is 1. The van der Waals surface area contributed by atoms with E-state index in [-0.39, 0.29) is 28.0 Å². The molecule has 0 bridgehead atoms. The van der Waals surface area contributed by atoms with Crippen molar-refractivity contribution in [2.45, 2.75) is 30.2 Å². The molecule has 1 fully saturated rings. The molecular weight excluding hydrogens is 364 g/mol. The fourth-order valence-electron chi connectivity index (χ4n) is 2.31. The van der Waals surface area contributed by atoms with Gasteiger partial charge >= 0.3 is 0 Å². The van der Waals surface area contributed by atoms with Gasteiger partial charge in [-0.2, -0.15) is 0 Å². The number of hydrogen-bond acceptors (Lipinski definition) is 7. The van der Waals surface area contributed by atoms with Gasteiger partial charge in [0.1, 0.15) is 0 Å². The molecule has 1 aromatic heterocycles. The first-order valence-corrected chi connectivity index (χ1v) is 10.1. The third kappa shape index (κ3) is 4.60. The van der Waals surface area contributed by atoms with E-state index in [1.807, 2.05) is 19.1 Å². The lowest BCUT2D eigenvalue weighted by molar-refractivity contribution is 0.102. The lowest BCUT2D eigenvalue weighted by Crippen LogP contribution is -2.31. The summed E-state index contributed by atoms with van der Waals surface area (Å²) in [5.41, 5.74) is 1.50. The van der Waals surface area contributed by atoms with Crippen LogP contribution in [0, 0.1) is 6.92 Å². The summed E-state index contributed by atoms with van der Waals surface area (Å²) in [6, 6.07) is 7.01. The molecule has 0 radical (unpaired) electrons. The Balaban J connectivity index is 1.62. The maximum Gasteiger partial charge on any atom is 0.269 e. The van der Waals surface area contributed by atoms with E-state index in [0.29, 0.717) is 12.2 Å². The van der Waals surface area contributed by atoms with Crippen molar-refractivity contribution in [2.75, 3.05) is 18.5 Å². The van der Waals surface area contributed by atoms with E-state index in [1.165, 1.54) is 0 Å². The average Bonchev–Trinajstić information content (AvgIpc) is 3.25. The zero-order chi connectivity index (χ0) is 17.9. The van der Waals surface area contributed by atoms with Crippen LogP contribution in [0.1, 0.15) is 28.8 Å². The van der Waals surface area contributed by atoms with Gasteiger partial charge in [0, 0.05) is 18.7 Å². The maximum atomic E-state index is 12.2. The van der Waals surface area contributed by atoms with Crippen molar-refractivity contribution in [1.29, 1.82) is 0 Å². The Morgan fingerprint density at radius 2 is 2.08 bits per heavy atom. The van der Waals surface area contributed by atoms with Crippen LogP contribution in [0.5, 0.6) is 0 Å². The molecule has 0 aliphatic carbocycles. The Kier molecular flexibility index (Phi) is 5.42. The summed E-state index contributed by atoms with van der Waals surface area (Å²) in [6.07, 6.45) is 1.65. The zero-order valence-corrected chi connectivity index (χ0v) is 15.2. The van der Waals surface area contributed by atoms with Crippen LogP contribution >= 0.6 is 11.3 Å². The summed E-state index contributed by atoms with van der Waals surface area (Å²) in [7, 11) is -3.77. The van der Waals surface area contributed by atoms with Crippen LogP contribution < -0.4 is 10.0 Å². The number of sulfonamides is 1. The molecule has 1 aliphatic rings. The summed E-state index contributed by atoms with van der Waals surface area (Å²) in [6.45, 7) is 2.78. The number of carbonyl (C=O) groups excluding carboxylic acids is 1. The lowest BCUT2D eigenvalue weighted by atomic mass is 10.1. The normalized spacial score (nSPS) is 17.6. The second-order valence-electron chi connectivity index (χ2n) is 5.68. The van der Waals surface area contributed by atoms with Crippen LogP contribution in [0.2, 0.25) is 0 Å². The second kappa shape index (κ2) is 7.56. The number of amides is 1. The van der Waals surface area contributed by atoms with Crippen molar-refractivity contribution in [3.8, 4) is 0 Å². The number of nitrogens with one attached hydrogen (secondary N) is 2. The van der Waals surface area contributed by atoms with Crippen molar-refractivity contribution >= 4 is 32.4 Å². The van der Waals surface area contributed by atoms with Gasteiger partial charge in [-0.05, 0) is 31.9 Å². The first-order valence-electron chi connectivity index (χ1n) is 7.77. The van der Waals surface area contributed by atoms with Crippen molar-refractivity contribution in [3.63, 3.8) is 0 Å². The zero-order valence-electron chi connectivity index (χ0n) is 13.6. The van der Waals surface area contributed by atoms with Crippen LogP contribution in [-0.2, 0) is 14.8 Å². The van der Waals surface area contributed by atoms with Crippen LogP contribution in [0.3, 0.4) is 0 Å². The number of ether oxygens (including phenoxy) is 1. The summed E-state index contributed by atoms with van der Waals surface area (Å²) < 4.78 is 32.1. The van der Waals surface area contributed by atoms with Gasteiger partial charge in [0.05, 0.1) is 6.10 Å². The van der Waals surface area contributed by atoms with Crippen LogP contribution in [0.15, 0.2) is 28.6 Å². The second-order valence-corrected chi connectivity index (χ2v) is 8.60. The van der Waals surface area contributed by atoms with Gasteiger partial charge < -0.3 is 4.74 Å². The number of benzene rings is 1. The molecule has 25 heavy (non-hydrogen) atoms. The van der Waals surface area contributed by atoms with Crippen molar-refractivity contribution in [3.05, 3.63) is 35.4 Å². The predicted octanol–water partition coefficient (Wildman–Crippen LogP) is 1.56. The predicted molar refractivity (Wildman–Crippen MR) is 93.2 cm³/mol. The van der Waals surface area contributed by atoms with Crippen LogP contribution in [-0.4, -0.2) is 43.8 Å². The van der Waals surface area contributed by atoms with E-state index < -0.39 is 10.0 Å². The third-order valence-corrected chi connectivity index (χ3v) is 6.33. The summed E-state index contributed by atoms with van der Waals surface area (Å²) in [4.78, 5) is 12.1. The van der Waals surface area contributed by atoms with Crippen molar-refractivity contribution < 1.29 is 17.9 Å². The summed E-state index contributed by atoms with van der Waals surface area (Å²) >= 11 is 0.803. The fourth-order valence-corrected chi connectivity index (χ4v) is 4.31. The molecule has 2 heterocycles. The highest BCUT2D eigenvalue weighted by Crippen LogP contribution is 2.21. The molecule has 2 aromatic rings. The van der Waals surface area contributed by atoms with Gasteiger partial charge in [-0.1, -0.05) is 29.0 Å². The topological polar surface area (TPSA) is 110 Å². The smallest absolute Gasteiger partial charge is 0.269 e. The molecule has 10 heteroatoms. The van der Waals surface area contributed by atoms with E-state index in [4.69, 9.17) is 4.74 Å². The molecule has 1 amide bonds. The Morgan fingerprint density at radius 1 is 1.32 bits per heavy atom. The standard InChI is InChI=1S/C15H18N4O4S2/c1-10-4-6-11(7-5-10)13(20)17-14-18-19-15(24-14)25(21,22)16-9-12-3-2-8-23-12/h4-7,12,16H,2-3,8-9H2,1H3,(H,17,18,20). The molecule has 8 nitrogen and oxygen atoms in total. The molecule has 0 spiro atoms. The minimum absolute atomic E-state index is 0.108. The Labute approximate surface area is 149 Å². The molecule has 1 aromatic carbocycles. The Hall–Kier alpha value is -1.88. The number of nitrogens with zero attached hydrogens (tertiary/aromatic N) is 2. The first-order chi connectivity index (χ1) is 11.9. The molecule has 1 atom stereocenters. The highest BCUT2D eigenvalue weighted by Gasteiger charge is 2.24. The molecule has 2 N–H and O–H groups in total. The van der Waals surface area contributed by atoms with E-state index in [2.05, 4.69) is 20.2 Å². The molecule has 134 valence electrons. The monoisotopic (exact) mass is 382 g/mol.